The lowest BCUT2D eigenvalue weighted by atomic mass is 9.34. The van der Waals surface area contributed by atoms with E-state index < -0.39 is 0 Å². The van der Waals surface area contributed by atoms with Gasteiger partial charge in [0.05, 0.1) is 11.0 Å². The Morgan fingerprint density at radius 3 is 1.53 bits per heavy atom. The van der Waals surface area contributed by atoms with Crippen molar-refractivity contribution in [3.8, 4) is 34.6 Å². The van der Waals surface area contributed by atoms with Crippen LogP contribution in [0.5, 0.6) is 23.3 Å². The number of benzene rings is 6. The second-order valence-electron chi connectivity index (χ2n) is 11.3. The zero-order chi connectivity index (χ0) is 28.1. The third-order valence-electron chi connectivity index (χ3n) is 9.04. The fourth-order valence-electron chi connectivity index (χ4n) is 7.32. The first kappa shape index (κ1) is 22.9. The number of para-hydroxylation sites is 4. The summed E-state index contributed by atoms with van der Waals surface area (Å²) in [7, 11) is 0. The Morgan fingerprint density at radius 2 is 0.930 bits per heavy atom. The molecule has 0 saturated carbocycles. The monoisotopic (exact) mass is 550 g/mol. The van der Waals surface area contributed by atoms with Crippen LogP contribution in [0.25, 0.3) is 44.0 Å². The fourth-order valence-corrected chi connectivity index (χ4v) is 7.32. The van der Waals surface area contributed by atoms with Gasteiger partial charge in [0.25, 0.3) is 6.71 Å². The molecule has 0 atom stereocenters. The topological polar surface area (TPSA) is 28.3 Å². The molecule has 10 rings (SSSR count). The van der Waals surface area contributed by atoms with E-state index in [4.69, 9.17) is 9.47 Å². The van der Waals surface area contributed by atoms with Crippen LogP contribution in [0.15, 0.2) is 140 Å². The molecule has 200 valence electrons. The van der Waals surface area contributed by atoms with Crippen molar-refractivity contribution in [2.75, 3.05) is 0 Å². The molecule has 0 aliphatic carbocycles. The van der Waals surface area contributed by atoms with Gasteiger partial charge in [-0.25, -0.2) is 0 Å². The van der Waals surface area contributed by atoms with E-state index in [1.807, 2.05) is 0 Å². The number of nitrogens with zero attached hydrogens (tertiary/aromatic N) is 2. The minimum absolute atomic E-state index is 0.0909. The maximum Gasteiger partial charge on any atom is 0.266 e. The van der Waals surface area contributed by atoms with Crippen LogP contribution in [0.4, 0.5) is 0 Å². The lowest BCUT2D eigenvalue weighted by molar-refractivity contribution is 0.442. The molecule has 43 heavy (non-hydrogen) atoms. The lowest BCUT2D eigenvalue weighted by Crippen LogP contribution is -2.57. The normalized spacial score (nSPS) is 13.0. The van der Waals surface area contributed by atoms with Gasteiger partial charge in [0.15, 0.2) is 0 Å². The fraction of sp³-hybridized carbons (Fsp3) is 0. The summed E-state index contributed by atoms with van der Waals surface area (Å²) in [5.74, 6) is 3.42. The zero-order valence-electron chi connectivity index (χ0n) is 23.1. The number of hydrogen-bond acceptors (Lipinski definition) is 2. The van der Waals surface area contributed by atoms with Crippen molar-refractivity contribution in [1.29, 1.82) is 0 Å². The SMILES string of the molecule is c1ccc(-n2c3c(c4ccccc42)B2c4c(cc5ccccc5c4Oc4c2c2ccccc2n4-c2ccccc2)O3)cc1. The summed E-state index contributed by atoms with van der Waals surface area (Å²) in [5.41, 5.74) is 7.82. The highest BCUT2D eigenvalue weighted by atomic mass is 16.5. The van der Waals surface area contributed by atoms with Crippen molar-refractivity contribution >= 4 is 55.7 Å². The highest BCUT2D eigenvalue weighted by molar-refractivity contribution is 7.01. The molecule has 0 radical (unpaired) electrons. The van der Waals surface area contributed by atoms with Gasteiger partial charge < -0.3 is 9.47 Å². The first-order valence-electron chi connectivity index (χ1n) is 14.7. The van der Waals surface area contributed by atoms with Crippen molar-refractivity contribution in [3.63, 3.8) is 0 Å². The van der Waals surface area contributed by atoms with Crippen LogP contribution >= 0.6 is 0 Å². The molecule has 5 heteroatoms. The molecule has 4 nitrogen and oxygen atoms in total. The Bertz CT molecular complexity index is 2390. The van der Waals surface area contributed by atoms with Crippen LogP contribution in [0, 0.1) is 0 Å². The van der Waals surface area contributed by atoms with Crippen LogP contribution in [-0.4, -0.2) is 15.8 Å². The molecule has 0 N–H and O–H groups in total. The molecular weight excluding hydrogens is 527 g/mol. The van der Waals surface area contributed by atoms with Gasteiger partial charge in [-0.3, -0.25) is 9.13 Å². The van der Waals surface area contributed by atoms with Crippen LogP contribution in [0.2, 0.25) is 0 Å². The summed E-state index contributed by atoms with van der Waals surface area (Å²) in [6.45, 7) is -0.0909. The molecule has 2 aliphatic heterocycles. The molecule has 0 saturated heterocycles. The largest absolute Gasteiger partial charge is 0.441 e. The van der Waals surface area contributed by atoms with E-state index in [2.05, 4.69) is 149 Å². The second kappa shape index (κ2) is 8.43. The average molecular weight is 550 g/mol. The summed E-state index contributed by atoms with van der Waals surface area (Å²) in [6, 6.07) is 49.0. The van der Waals surface area contributed by atoms with Crippen molar-refractivity contribution in [2.24, 2.45) is 0 Å². The third-order valence-corrected chi connectivity index (χ3v) is 9.04. The van der Waals surface area contributed by atoms with Crippen LogP contribution in [0.3, 0.4) is 0 Å². The molecule has 0 unspecified atom stereocenters. The van der Waals surface area contributed by atoms with Gasteiger partial charge in [0.2, 0.25) is 11.8 Å². The number of fused-ring (bicyclic) bond motifs is 10. The van der Waals surface area contributed by atoms with E-state index in [9.17, 15) is 0 Å². The van der Waals surface area contributed by atoms with E-state index in [1.54, 1.807) is 0 Å². The van der Waals surface area contributed by atoms with E-state index in [1.165, 1.54) is 21.7 Å². The number of hydrogen-bond donors (Lipinski definition) is 0. The van der Waals surface area contributed by atoms with Crippen LogP contribution in [-0.2, 0) is 0 Å². The summed E-state index contributed by atoms with van der Waals surface area (Å²) in [5, 5.41) is 4.54. The minimum atomic E-state index is -0.0909. The molecular formula is C38H23BN2O2. The Balaban J connectivity index is 1.40. The van der Waals surface area contributed by atoms with Crippen molar-refractivity contribution in [2.45, 2.75) is 0 Å². The Labute approximate surface area is 248 Å². The maximum absolute atomic E-state index is 7.10. The quantitative estimate of drug-likeness (QED) is 0.209. The van der Waals surface area contributed by atoms with E-state index in [0.717, 1.165) is 61.9 Å². The lowest BCUT2D eigenvalue weighted by Gasteiger charge is -2.32. The first-order valence-corrected chi connectivity index (χ1v) is 14.7. The molecule has 0 spiro atoms. The minimum Gasteiger partial charge on any atom is -0.441 e. The highest BCUT2D eigenvalue weighted by Crippen LogP contribution is 2.44. The molecule has 8 aromatic rings. The molecule has 6 aromatic carbocycles. The number of ether oxygens (including phenoxy) is 2. The van der Waals surface area contributed by atoms with Crippen molar-refractivity contribution < 1.29 is 9.47 Å². The van der Waals surface area contributed by atoms with Gasteiger partial charge in [0, 0.05) is 33.1 Å². The number of aromatic nitrogens is 2. The second-order valence-corrected chi connectivity index (χ2v) is 11.3. The average Bonchev–Trinajstić information content (AvgIpc) is 3.58. The standard InChI is InChI=1S/C38H23BN2O2/c1-3-14-25(15-4-1)40-30-21-11-9-19-28(30)33-37(40)42-32-23-24-13-7-8-18-27(24)36-35(32)39(33)34-29-20-10-12-22-31(29)41(38(34)43-36)26-16-5-2-6-17-26/h1-23H. The van der Waals surface area contributed by atoms with Gasteiger partial charge >= 0.3 is 0 Å². The Hall–Kier alpha value is -5.68. The maximum atomic E-state index is 7.10. The predicted octanol–water partition coefficient (Wildman–Crippen LogP) is 7.46. The zero-order valence-corrected chi connectivity index (χ0v) is 23.1. The van der Waals surface area contributed by atoms with Gasteiger partial charge in [-0.2, -0.15) is 0 Å². The van der Waals surface area contributed by atoms with Crippen LogP contribution < -0.4 is 25.9 Å². The molecule has 0 amide bonds. The van der Waals surface area contributed by atoms with E-state index in [-0.39, 0.29) is 6.71 Å². The van der Waals surface area contributed by atoms with Crippen molar-refractivity contribution in [1.82, 2.24) is 9.13 Å². The summed E-state index contributed by atoms with van der Waals surface area (Å²) in [6.07, 6.45) is 0. The van der Waals surface area contributed by atoms with E-state index in [0.29, 0.717) is 0 Å². The van der Waals surface area contributed by atoms with Gasteiger partial charge in [-0.15, -0.1) is 0 Å². The van der Waals surface area contributed by atoms with Gasteiger partial charge in [0.1, 0.15) is 11.5 Å². The predicted molar refractivity (Wildman–Crippen MR) is 175 cm³/mol. The number of rotatable bonds is 2. The highest BCUT2D eigenvalue weighted by Gasteiger charge is 2.46. The molecule has 2 aliphatic rings. The summed E-state index contributed by atoms with van der Waals surface area (Å²) < 4.78 is 18.7. The molecule has 0 fully saturated rings. The van der Waals surface area contributed by atoms with Gasteiger partial charge in [-0.05, 0) is 58.6 Å². The molecule has 0 bridgehead atoms. The first-order chi connectivity index (χ1) is 21.4. The Kier molecular flexibility index (Phi) is 4.50. The summed E-state index contributed by atoms with van der Waals surface area (Å²) >= 11 is 0. The summed E-state index contributed by atoms with van der Waals surface area (Å²) in [4.78, 5) is 0. The van der Waals surface area contributed by atoms with E-state index >= 15 is 0 Å². The third kappa shape index (κ3) is 3.01. The molecule has 2 aromatic heterocycles. The van der Waals surface area contributed by atoms with Crippen LogP contribution in [0.1, 0.15) is 0 Å². The Morgan fingerprint density at radius 1 is 0.442 bits per heavy atom. The van der Waals surface area contributed by atoms with Crippen molar-refractivity contribution in [3.05, 3.63) is 140 Å². The molecule has 4 heterocycles. The van der Waals surface area contributed by atoms with Gasteiger partial charge in [-0.1, -0.05) is 97.1 Å². The smallest absolute Gasteiger partial charge is 0.266 e.